The molecule has 18 heavy (non-hydrogen) atoms. The van der Waals surface area contributed by atoms with Crippen LogP contribution in [0, 0.1) is 5.92 Å². The number of hydrogen-bond acceptors (Lipinski definition) is 2. The van der Waals surface area contributed by atoms with Gasteiger partial charge in [0.15, 0.2) is 0 Å². The lowest BCUT2D eigenvalue weighted by Crippen LogP contribution is -1.97. The normalized spacial score (nSPS) is 12.4. The Labute approximate surface area is 120 Å². The van der Waals surface area contributed by atoms with Crippen molar-refractivity contribution in [1.29, 1.82) is 0 Å². The average molecular weight is 295 g/mol. The Bertz CT molecular complexity index is 242. The topological polar surface area (TPSA) is 34.1 Å². The van der Waals surface area contributed by atoms with Crippen molar-refractivity contribution in [2.45, 2.75) is 71.1 Å². The van der Waals surface area contributed by atoms with E-state index in [0.717, 1.165) is 19.3 Å². The van der Waals surface area contributed by atoms with Gasteiger partial charge in [-0.25, -0.2) is 0 Å². The molecule has 1 atom stereocenters. The van der Waals surface area contributed by atoms with Gasteiger partial charge in [-0.2, -0.15) is 0 Å². The van der Waals surface area contributed by atoms with Crippen molar-refractivity contribution < 1.29 is 9.59 Å². The summed E-state index contributed by atoms with van der Waals surface area (Å²) in [5, 5.41) is -0.451. The molecule has 0 aromatic rings. The Hall–Kier alpha value is -0.0800. The molecule has 0 heterocycles. The highest BCUT2D eigenvalue weighted by atomic mass is 35.5. The Morgan fingerprint density at radius 3 is 1.83 bits per heavy atom. The average Bonchev–Trinajstić information content (AvgIpc) is 2.29. The van der Waals surface area contributed by atoms with Gasteiger partial charge in [-0.05, 0) is 42.0 Å². The van der Waals surface area contributed by atoms with E-state index >= 15 is 0 Å². The Morgan fingerprint density at radius 2 is 1.28 bits per heavy atom. The Balaban J connectivity index is 3.19. The molecule has 0 bridgehead atoms. The zero-order valence-corrected chi connectivity index (χ0v) is 12.7. The van der Waals surface area contributed by atoms with Gasteiger partial charge in [-0.15, -0.1) is 0 Å². The number of hydrogen-bond donors (Lipinski definition) is 0. The molecule has 2 nitrogen and oxygen atoms in total. The highest BCUT2D eigenvalue weighted by Crippen LogP contribution is 2.17. The van der Waals surface area contributed by atoms with Gasteiger partial charge >= 0.3 is 0 Å². The molecule has 0 saturated carbocycles. The summed E-state index contributed by atoms with van der Waals surface area (Å²) >= 11 is 10.6. The molecule has 4 heteroatoms. The fraction of sp³-hybridized carbons (Fsp3) is 0.857. The summed E-state index contributed by atoms with van der Waals surface area (Å²) < 4.78 is 0. The highest BCUT2D eigenvalue weighted by Gasteiger charge is 2.04. The van der Waals surface area contributed by atoms with Gasteiger partial charge in [-0.1, -0.05) is 45.4 Å². The van der Waals surface area contributed by atoms with E-state index in [1.54, 1.807) is 0 Å². The van der Waals surface area contributed by atoms with Crippen molar-refractivity contribution in [3.05, 3.63) is 0 Å². The maximum Gasteiger partial charge on any atom is 0.221 e. The van der Waals surface area contributed by atoms with E-state index in [9.17, 15) is 9.59 Å². The summed E-state index contributed by atoms with van der Waals surface area (Å²) in [5.41, 5.74) is 0. The second kappa shape index (κ2) is 12.0. The third kappa shape index (κ3) is 14.0. The second-order valence-corrected chi connectivity index (χ2v) is 5.86. The van der Waals surface area contributed by atoms with E-state index in [2.05, 4.69) is 6.92 Å². The molecule has 0 aromatic heterocycles. The second-order valence-electron chi connectivity index (χ2n) is 5.01. The van der Waals surface area contributed by atoms with E-state index in [-0.39, 0.29) is 10.5 Å². The summed E-state index contributed by atoms with van der Waals surface area (Å²) in [6.07, 6.45) is 9.92. The lowest BCUT2D eigenvalue weighted by molar-refractivity contribution is -0.112. The first-order valence-electron chi connectivity index (χ1n) is 6.89. The minimum atomic E-state index is -0.226. The predicted molar refractivity (Wildman–Crippen MR) is 77.1 cm³/mol. The largest absolute Gasteiger partial charge is 0.281 e. The molecule has 106 valence electrons. The van der Waals surface area contributed by atoms with Gasteiger partial charge in [0, 0.05) is 12.8 Å². The molecule has 1 unspecified atom stereocenters. The van der Waals surface area contributed by atoms with E-state index in [1.165, 1.54) is 32.1 Å². The molecular weight excluding hydrogens is 271 g/mol. The zero-order valence-electron chi connectivity index (χ0n) is 11.2. The Morgan fingerprint density at radius 1 is 0.778 bits per heavy atom. The van der Waals surface area contributed by atoms with Gasteiger partial charge in [0.2, 0.25) is 10.5 Å². The molecule has 0 radical (unpaired) electrons. The van der Waals surface area contributed by atoms with Crippen LogP contribution in [0.5, 0.6) is 0 Å². The molecule has 0 rings (SSSR count). The number of unbranched alkanes of at least 4 members (excludes halogenated alkanes) is 5. The van der Waals surface area contributed by atoms with Crippen LogP contribution in [0.15, 0.2) is 0 Å². The highest BCUT2D eigenvalue weighted by molar-refractivity contribution is 6.63. The molecule has 0 aliphatic heterocycles. The summed E-state index contributed by atoms with van der Waals surface area (Å²) in [7, 11) is 0. The lowest BCUT2D eigenvalue weighted by Gasteiger charge is -2.09. The number of rotatable bonds is 12. The van der Waals surface area contributed by atoms with Crippen LogP contribution in [0.25, 0.3) is 0 Å². The van der Waals surface area contributed by atoms with Gasteiger partial charge in [0.05, 0.1) is 0 Å². The lowest BCUT2D eigenvalue weighted by atomic mass is 9.98. The first-order chi connectivity index (χ1) is 8.52. The maximum absolute atomic E-state index is 10.6. The molecule has 0 amide bonds. The smallest absolute Gasteiger partial charge is 0.221 e. The standard InChI is InChI=1S/C14H24Cl2O2/c1-12(10-11-14(16)18)8-6-4-2-3-5-7-9-13(15)17/h12H,2-11H2,1H3. The van der Waals surface area contributed by atoms with E-state index in [4.69, 9.17) is 23.2 Å². The molecular formula is C14H24Cl2O2. The van der Waals surface area contributed by atoms with Crippen LogP contribution < -0.4 is 0 Å². The van der Waals surface area contributed by atoms with Crippen LogP contribution in [-0.2, 0) is 9.59 Å². The first-order valence-corrected chi connectivity index (χ1v) is 7.64. The fourth-order valence-corrected chi connectivity index (χ4v) is 2.21. The molecule has 0 aromatic carbocycles. The minimum absolute atomic E-state index is 0.224. The van der Waals surface area contributed by atoms with Crippen LogP contribution in [0.4, 0.5) is 0 Å². The van der Waals surface area contributed by atoms with Crippen LogP contribution >= 0.6 is 23.2 Å². The maximum atomic E-state index is 10.6. The van der Waals surface area contributed by atoms with Crippen LogP contribution in [-0.4, -0.2) is 10.5 Å². The molecule has 0 saturated heterocycles. The molecule has 0 aliphatic rings. The number of halogens is 2. The van der Waals surface area contributed by atoms with Gasteiger partial charge in [0.1, 0.15) is 0 Å². The summed E-state index contributed by atoms with van der Waals surface area (Å²) in [6.45, 7) is 2.17. The van der Waals surface area contributed by atoms with Crippen molar-refractivity contribution in [2.75, 3.05) is 0 Å². The van der Waals surface area contributed by atoms with Gasteiger partial charge < -0.3 is 0 Å². The molecule has 0 N–H and O–H groups in total. The van der Waals surface area contributed by atoms with Crippen LogP contribution in [0.3, 0.4) is 0 Å². The van der Waals surface area contributed by atoms with Crippen molar-refractivity contribution in [1.82, 2.24) is 0 Å². The van der Waals surface area contributed by atoms with E-state index in [1.807, 2.05) is 0 Å². The van der Waals surface area contributed by atoms with Gasteiger partial charge in [-0.3, -0.25) is 9.59 Å². The third-order valence-electron chi connectivity index (χ3n) is 3.15. The van der Waals surface area contributed by atoms with Crippen molar-refractivity contribution in [3.63, 3.8) is 0 Å². The number of carbonyl (C=O) groups excluding carboxylic acids is 2. The van der Waals surface area contributed by atoms with Crippen LogP contribution in [0.1, 0.15) is 71.1 Å². The number of carbonyl (C=O) groups is 2. The fourth-order valence-electron chi connectivity index (χ4n) is 1.97. The van der Waals surface area contributed by atoms with E-state index < -0.39 is 0 Å². The van der Waals surface area contributed by atoms with E-state index in [0.29, 0.717) is 18.8 Å². The quantitative estimate of drug-likeness (QED) is 0.373. The summed E-state index contributed by atoms with van der Waals surface area (Å²) in [4.78, 5) is 21.1. The molecule has 0 fully saturated rings. The molecule has 0 spiro atoms. The molecule has 0 aliphatic carbocycles. The predicted octanol–water partition coefficient (Wildman–Crippen LogP) is 5.05. The minimum Gasteiger partial charge on any atom is -0.281 e. The van der Waals surface area contributed by atoms with Crippen molar-refractivity contribution in [3.8, 4) is 0 Å². The first kappa shape index (κ1) is 17.9. The van der Waals surface area contributed by atoms with Crippen LogP contribution in [0.2, 0.25) is 0 Å². The third-order valence-corrected chi connectivity index (χ3v) is 3.53. The zero-order chi connectivity index (χ0) is 13.8. The SMILES string of the molecule is CC(CCCCCCCCC(=O)Cl)CCC(=O)Cl. The monoisotopic (exact) mass is 294 g/mol. The van der Waals surface area contributed by atoms with Crippen molar-refractivity contribution in [2.24, 2.45) is 5.92 Å². The Kier molecular flexibility index (Phi) is 11.9. The summed E-state index contributed by atoms with van der Waals surface area (Å²) in [5.74, 6) is 0.585. The summed E-state index contributed by atoms with van der Waals surface area (Å²) in [6, 6.07) is 0. The van der Waals surface area contributed by atoms with Crippen molar-refractivity contribution >= 4 is 33.7 Å². The van der Waals surface area contributed by atoms with Gasteiger partial charge in [0.25, 0.3) is 0 Å².